The lowest BCUT2D eigenvalue weighted by molar-refractivity contribution is -0.132. The van der Waals surface area contributed by atoms with Crippen LogP contribution in [0.25, 0.3) is 16.0 Å². The van der Waals surface area contributed by atoms with E-state index < -0.39 is 17.7 Å². The molecule has 3 heterocycles. The van der Waals surface area contributed by atoms with Crippen molar-refractivity contribution in [2.75, 3.05) is 4.90 Å². The number of aliphatic hydroxyl groups is 1. The van der Waals surface area contributed by atoms with Crippen molar-refractivity contribution >= 4 is 78.9 Å². The van der Waals surface area contributed by atoms with Crippen molar-refractivity contribution in [2.45, 2.75) is 6.04 Å². The number of nitrogens with zero attached hydrogens (tertiary/aromatic N) is 3. The molecule has 5 rings (SSSR count). The van der Waals surface area contributed by atoms with Crippen LogP contribution in [0, 0.1) is 0 Å². The van der Waals surface area contributed by atoms with E-state index >= 15 is 0 Å². The molecular formula is C23H12Cl3N3O3S. The third kappa shape index (κ3) is 3.77. The van der Waals surface area contributed by atoms with Crippen molar-refractivity contribution in [1.82, 2.24) is 9.97 Å². The number of thiazole rings is 1. The minimum atomic E-state index is -0.969. The van der Waals surface area contributed by atoms with Gasteiger partial charge in [0.15, 0.2) is 5.13 Å². The lowest BCUT2D eigenvalue weighted by Gasteiger charge is -2.23. The summed E-state index contributed by atoms with van der Waals surface area (Å²) in [6, 6.07) is 12.1. The van der Waals surface area contributed by atoms with Gasteiger partial charge in [0, 0.05) is 23.0 Å². The van der Waals surface area contributed by atoms with Gasteiger partial charge in [-0.05, 0) is 48.0 Å². The molecule has 1 saturated heterocycles. The molecule has 33 heavy (non-hydrogen) atoms. The Morgan fingerprint density at radius 2 is 1.73 bits per heavy atom. The molecule has 1 aliphatic rings. The van der Waals surface area contributed by atoms with E-state index in [0.717, 1.165) is 4.70 Å². The molecule has 0 spiro atoms. The average molecular weight is 517 g/mol. The molecule has 1 N–H and O–H groups in total. The zero-order chi connectivity index (χ0) is 23.3. The summed E-state index contributed by atoms with van der Waals surface area (Å²) in [5.74, 6) is -1.97. The zero-order valence-corrected chi connectivity index (χ0v) is 19.6. The number of halogens is 3. The van der Waals surface area contributed by atoms with E-state index in [2.05, 4.69) is 9.97 Å². The molecule has 0 radical (unpaired) electrons. The van der Waals surface area contributed by atoms with Gasteiger partial charge in [-0.25, -0.2) is 4.98 Å². The molecule has 10 heteroatoms. The number of fused-ring (bicyclic) bond motifs is 1. The maximum atomic E-state index is 13.2. The molecule has 1 amide bonds. The smallest absolute Gasteiger partial charge is 0.301 e. The fourth-order valence-electron chi connectivity index (χ4n) is 3.68. The fraction of sp³-hybridized carbons (Fsp3) is 0.0435. The number of carbonyl (C=O) groups is 2. The molecule has 1 aliphatic heterocycles. The van der Waals surface area contributed by atoms with Crippen molar-refractivity contribution < 1.29 is 14.7 Å². The molecule has 1 fully saturated rings. The van der Waals surface area contributed by atoms with Crippen LogP contribution in [0.3, 0.4) is 0 Å². The number of pyridine rings is 1. The van der Waals surface area contributed by atoms with Crippen LogP contribution < -0.4 is 4.90 Å². The molecule has 0 aliphatic carbocycles. The number of hydrogen-bond donors (Lipinski definition) is 1. The number of benzene rings is 2. The van der Waals surface area contributed by atoms with Crippen LogP contribution in [-0.2, 0) is 9.59 Å². The van der Waals surface area contributed by atoms with Crippen molar-refractivity contribution in [1.29, 1.82) is 0 Å². The Morgan fingerprint density at radius 1 is 0.970 bits per heavy atom. The van der Waals surface area contributed by atoms with Gasteiger partial charge in [-0.1, -0.05) is 52.2 Å². The monoisotopic (exact) mass is 515 g/mol. The molecule has 6 nitrogen and oxygen atoms in total. The molecule has 4 aromatic rings. The first-order chi connectivity index (χ1) is 15.8. The van der Waals surface area contributed by atoms with Gasteiger partial charge < -0.3 is 5.11 Å². The van der Waals surface area contributed by atoms with Gasteiger partial charge in [-0.3, -0.25) is 19.5 Å². The lowest BCUT2D eigenvalue weighted by Crippen LogP contribution is -2.29. The van der Waals surface area contributed by atoms with Crippen molar-refractivity contribution in [3.05, 3.63) is 92.7 Å². The Hall–Kier alpha value is -2.97. The Bertz CT molecular complexity index is 1470. The number of rotatable bonds is 3. The second-order valence-electron chi connectivity index (χ2n) is 7.19. The molecule has 0 bridgehead atoms. The summed E-state index contributed by atoms with van der Waals surface area (Å²) in [7, 11) is 0. The number of amides is 1. The van der Waals surface area contributed by atoms with Crippen LogP contribution in [0.1, 0.15) is 17.2 Å². The average Bonchev–Trinajstić information content (AvgIpc) is 3.33. The number of Topliss-reactive ketones (excluding diaryl/α,β-unsaturated/α-hetero) is 1. The van der Waals surface area contributed by atoms with Gasteiger partial charge in [-0.2, -0.15) is 0 Å². The Balaban J connectivity index is 1.75. The Kier molecular flexibility index (Phi) is 5.58. The minimum absolute atomic E-state index is 0.0816. The van der Waals surface area contributed by atoms with Crippen LogP contribution >= 0.6 is 46.1 Å². The summed E-state index contributed by atoms with van der Waals surface area (Å²) in [6.45, 7) is 0. The highest BCUT2D eigenvalue weighted by molar-refractivity contribution is 7.22. The number of aromatic nitrogens is 2. The highest BCUT2D eigenvalue weighted by Crippen LogP contribution is 2.45. The molecule has 0 saturated carbocycles. The summed E-state index contributed by atoms with van der Waals surface area (Å²) >= 11 is 19.7. The van der Waals surface area contributed by atoms with E-state index in [1.54, 1.807) is 48.5 Å². The van der Waals surface area contributed by atoms with E-state index in [0.29, 0.717) is 31.8 Å². The number of anilines is 1. The van der Waals surface area contributed by atoms with Crippen LogP contribution in [0.4, 0.5) is 5.13 Å². The van der Waals surface area contributed by atoms with Gasteiger partial charge in [0.25, 0.3) is 5.78 Å². The van der Waals surface area contributed by atoms with Gasteiger partial charge >= 0.3 is 5.91 Å². The summed E-state index contributed by atoms with van der Waals surface area (Å²) in [4.78, 5) is 36.2. The number of ketones is 1. The van der Waals surface area contributed by atoms with E-state index in [1.807, 2.05) is 0 Å². The van der Waals surface area contributed by atoms with Crippen molar-refractivity contribution in [3.8, 4) is 0 Å². The third-order valence-electron chi connectivity index (χ3n) is 5.20. The topological polar surface area (TPSA) is 83.4 Å². The predicted octanol–water partition coefficient (Wildman–Crippen LogP) is 6.28. The Labute approximate surface area is 206 Å². The van der Waals surface area contributed by atoms with Crippen LogP contribution in [0.5, 0.6) is 0 Å². The van der Waals surface area contributed by atoms with Crippen LogP contribution in [0.2, 0.25) is 15.1 Å². The normalized spacial score (nSPS) is 17.8. The van der Waals surface area contributed by atoms with Crippen molar-refractivity contribution in [2.24, 2.45) is 0 Å². The first-order valence-electron chi connectivity index (χ1n) is 9.57. The highest BCUT2D eigenvalue weighted by atomic mass is 35.5. The molecule has 164 valence electrons. The summed E-state index contributed by atoms with van der Waals surface area (Å²) in [5, 5.41) is 12.5. The Morgan fingerprint density at radius 3 is 2.45 bits per heavy atom. The largest absolute Gasteiger partial charge is 0.507 e. The quantitative estimate of drug-likeness (QED) is 0.197. The fourth-order valence-corrected chi connectivity index (χ4v) is 5.26. The number of carbonyl (C=O) groups excluding carboxylic acids is 2. The number of aliphatic hydroxyl groups excluding tert-OH is 1. The molecule has 1 atom stereocenters. The highest BCUT2D eigenvalue weighted by Gasteiger charge is 2.48. The molecular weight excluding hydrogens is 505 g/mol. The zero-order valence-electron chi connectivity index (χ0n) is 16.5. The molecule has 2 aromatic carbocycles. The van der Waals surface area contributed by atoms with E-state index in [-0.39, 0.29) is 16.4 Å². The summed E-state index contributed by atoms with van der Waals surface area (Å²) in [5.41, 5.74) is 1.39. The lowest BCUT2D eigenvalue weighted by atomic mass is 9.95. The van der Waals surface area contributed by atoms with E-state index in [9.17, 15) is 14.7 Å². The SMILES string of the molecule is O=C1C(=O)N(c2nc3ccc(Cl)cc3s2)C(c2ccc(Cl)c(Cl)c2)/C1=C(\O)c1ccncc1. The van der Waals surface area contributed by atoms with Gasteiger partial charge in [0.2, 0.25) is 0 Å². The van der Waals surface area contributed by atoms with Crippen LogP contribution in [-0.4, -0.2) is 26.8 Å². The molecule has 2 aromatic heterocycles. The minimum Gasteiger partial charge on any atom is -0.507 e. The second-order valence-corrected chi connectivity index (χ2v) is 9.45. The second kappa shape index (κ2) is 8.43. The van der Waals surface area contributed by atoms with Gasteiger partial charge in [-0.15, -0.1) is 0 Å². The summed E-state index contributed by atoms with van der Waals surface area (Å²) in [6.07, 6.45) is 2.97. The summed E-state index contributed by atoms with van der Waals surface area (Å²) < 4.78 is 0.751. The van der Waals surface area contributed by atoms with E-state index in [4.69, 9.17) is 34.8 Å². The van der Waals surface area contributed by atoms with Crippen LogP contribution in [0.15, 0.2) is 66.5 Å². The predicted molar refractivity (Wildman–Crippen MR) is 130 cm³/mol. The first-order valence-corrected chi connectivity index (χ1v) is 11.5. The van der Waals surface area contributed by atoms with Crippen molar-refractivity contribution in [3.63, 3.8) is 0 Å². The first kappa shape index (κ1) is 21.9. The maximum absolute atomic E-state index is 13.2. The third-order valence-corrected chi connectivity index (χ3v) is 7.19. The van der Waals surface area contributed by atoms with Gasteiger partial charge in [0.05, 0.1) is 31.9 Å². The van der Waals surface area contributed by atoms with Gasteiger partial charge in [0.1, 0.15) is 5.76 Å². The molecule has 1 unspecified atom stereocenters. The van der Waals surface area contributed by atoms with E-state index in [1.165, 1.54) is 28.6 Å². The number of hydrogen-bond acceptors (Lipinski definition) is 6. The maximum Gasteiger partial charge on any atom is 0.301 e. The standard InChI is InChI=1S/C23H12Cl3N3O3S/c24-13-2-4-16-17(10-13)33-23(28-16)29-19(12-1-3-14(25)15(26)9-12)18(21(31)22(29)32)20(30)11-5-7-27-8-6-11/h1-10,19,30H/b20-18+.